The fraction of sp³-hybridized carbons (Fsp3) is 0.761. The molecule has 0 heterocycles. The normalized spacial score (nSPS) is 12.6. The molecule has 6 heteroatoms. The van der Waals surface area contributed by atoms with Crippen molar-refractivity contribution in [3.8, 4) is 0 Å². The van der Waals surface area contributed by atoms with Crippen molar-refractivity contribution in [2.45, 2.75) is 335 Å². The number of hydrogen-bond acceptors (Lipinski definition) is 6. The first-order chi connectivity index (χ1) is 38.0. The Labute approximate surface area is 477 Å². The van der Waals surface area contributed by atoms with Crippen molar-refractivity contribution >= 4 is 17.9 Å². The van der Waals surface area contributed by atoms with E-state index < -0.39 is 6.10 Å². The van der Waals surface area contributed by atoms with Crippen LogP contribution in [0.3, 0.4) is 0 Å². The zero-order valence-corrected chi connectivity index (χ0v) is 51.0. The molecule has 0 bridgehead atoms. The lowest BCUT2D eigenvalue weighted by Gasteiger charge is -2.18. The lowest BCUT2D eigenvalue weighted by Crippen LogP contribution is -2.30. The van der Waals surface area contributed by atoms with Gasteiger partial charge in [-0.3, -0.25) is 14.4 Å². The molecular weight excluding hydrogens is 949 g/mol. The van der Waals surface area contributed by atoms with Gasteiger partial charge in [0.2, 0.25) is 0 Å². The fourth-order valence-electron chi connectivity index (χ4n) is 9.40. The summed E-state index contributed by atoms with van der Waals surface area (Å²) in [6, 6.07) is 0. The molecule has 0 aliphatic carbocycles. The van der Waals surface area contributed by atoms with Gasteiger partial charge >= 0.3 is 17.9 Å². The van der Waals surface area contributed by atoms with Crippen LogP contribution in [0.1, 0.15) is 329 Å². The molecule has 1 atom stereocenters. The summed E-state index contributed by atoms with van der Waals surface area (Å²) in [7, 11) is 0. The summed E-state index contributed by atoms with van der Waals surface area (Å²) in [6.45, 7) is 6.51. The minimum atomic E-state index is -0.789. The van der Waals surface area contributed by atoms with Crippen LogP contribution in [-0.2, 0) is 28.6 Å². The fourth-order valence-corrected chi connectivity index (χ4v) is 9.40. The lowest BCUT2D eigenvalue weighted by atomic mass is 10.0. The summed E-state index contributed by atoms with van der Waals surface area (Å²) in [5.41, 5.74) is 0. The van der Waals surface area contributed by atoms with Crippen LogP contribution in [0.2, 0.25) is 0 Å². The molecule has 0 aliphatic heterocycles. The molecule has 0 aliphatic rings. The standard InChI is InChI=1S/C71H124O6/c1-4-7-10-13-16-19-22-25-28-30-31-32-33-34-35-36-37-38-39-41-43-46-49-52-55-58-61-64-70(73)76-67-68(66-75-69(72)63-60-57-54-51-48-45-42-27-24-21-18-15-12-9-6-3)77-71(74)65-62-59-56-53-50-47-44-40-29-26-23-20-17-14-11-8-5-2/h9,12,17-18,20-22,25-27,29-31,42,68H,4-8,10-11,13-16,19,23-24,28,32-41,43-67H2,1-3H3/b12-9-,20-17-,21-18-,25-22-,29-26-,31-30-,42-27-. The van der Waals surface area contributed by atoms with Gasteiger partial charge in [-0.05, 0) is 116 Å². The van der Waals surface area contributed by atoms with Crippen LogP contribution in [0.15, 0.2) is 85.1 Å². The van der Waals surface area contributed by atoms with Gasteiger partial charge in [0.05, 0.1) is 0 Å². The average molecular weight is 1070 g/mol. The minimum absolute atomic E-state index is 0.0839. The first-order valence-corrected chi connectivity index (χ1v) is 33.1. The SMILES string of the molecule is CC/C=C\C/C=C\C/C=C\CCCCCCCC(=O)OCC(COC(=O)CCCCCCCCCCCCCCCCC/C=C\C/C=C\CCCCCCC)OC(=O)CCCCCCCCC/C=C\C/C=C\CCCCC. The smallest absolute Gasteiger partial charge is 0.306 e. The maximum Gasteiger partial charge on any atom is 0.306 e. The third-order valence-corrected chi connectivity index (χ3v) is 14.4. The Bertz CT molecular complexity index is 1470. The van der Waals surface area contributed by atoms with Crippen LogP contribution in [0.25, 0.3) is 0 Å². The summed E-state index contributed by atoms with van der Waals surface area (Å²) in [4.78, 5) is 38.3. The van der Waals surface area contributed by atoms with E-state index in [2.05, 4.69) is 106 Å². The molecular formula is C71H124O6. The van der Waals surface area contributed by atoms with Gasteiger partial charge in [-0.1, -0.05) is 279 Å². The average Bonchev–Trinajstić information content (AvgIpc) is 3.43. The Morgan fingerprint density at radius 2 is 0.506 bits per heavy atom. The Kier molecular flexibility index (Phi) is 62.2. The highest BCUT2D eigenvalue weighted by Gasteiger charge is 2.19. The molecule has 6 nitrogen and oxygen atoms in total. The van der Waals surface area contributed by atoms with E-state index in [1.807, 2.05) is 0 Å². The Hall–Kier alpha value is -3.41. The Morgan fingerprint density at radius 3 is 0.818 bits per heavy atom. The van der Waals surface area contributed by atoms with Crippen molar-refractivity contribution < 1.29 is 28.6 Å². The number of hydrogen-bond donors (Lipinski definition) is 0. The van der Waals surface area contributed by atoms with Crippen molar-refractivity contribution in [3.05, 3.63) is 85.1 Å². The number of carbonyl (C=O) groups is 3. The van der Waals surface area contributed by atoms with E-state index in [4.69, 9.17) is 14.2 Å². The summed E-state index contributed by atoms with van der Waals surface area (Å²) in [5, 5.41) is 0. The number of ether oxygens (including phenoxy) is 3. The molecule has 0 fully saturated rings. The number of unbranched alkanes of at least 4 members (excludes halogenated alkanes) is 35. The van der Waals surface area contributed by atoms with E-state index >= 15 is 0 Å². The Balaban J connectivity index is 4.29. The molecule has 77 heavy (non-hydrogen) atoms. The quantitative estimate of drug-likeness (QED) is 0.0261. The maximum absolute atomic E-state index is 12.9. The molecule has 0 saturated carbocycles. The van der Waals surface area contributed by atoms with Gasteiger partial charge in [-0.25, -0.2) is 0 Å². The molecule has 444 valence electrons. The summed E-state index contributed by atoms with van der Waals surface area (Å²) in [5.74, 6) is -0.896. The zero-order valence-electron chi connectivity index (χ0n) is 51.0. The molecule has 0 rings (SSSR count). The number of esters is 3. The maximum atomic E-state index is 12.9. The van der Waals surface area contributed by atoms with E-state index in [9.17, 15) is 14.4 Å². The second kappa shape index (κ2) is 65.1. The minimum Gasteiger partial charge on any atom is -0.462 e. The molecule has 1 unspecified atom stereocenters. The van der Waals surface area contributed by atoms with E-state index in [-0.39, 0.29) is 31.1 Å². The molecule has 0 amide bonds. The second-order valence-corrected chi connectivity index (χ2v) is 22.0. The van der Waals surface area contributed by atoms with Gasteiger partial charge < -0.3 is 14.2 Å². The van der Waals surface area contributed by atoms with Gasteiger partial charge in [0, 0.05) is 19.3 Å². The van der Waals surface area contributed by atoms with Gasteiger partial charge in [0.25, 0.3) is 0 Å². The molecule has 0 N–H and O–H groups in total. The van der Waals surface area contributed by atoms with Gasteiger partial charge in [0.15, 0.2) is 6.10 Å². The predicted octanol–water partition coefficient (Wildman–Crippen LogP) is 22.7. The van der Waals surface area contributed by atoms with E-state index in [0.717, 1.165) is 116 Å². The van der Waals surface area contributed by atoms with Crippen LogP contribution in [-0.4, -0.2) is 37.2 Å². The van der Waals surface area contributed by atoms with Crippen molar-refractivity contribution in [2.75, 3.05) is 13.2 Å². The van der Waals surface area contributed by atoms with Crippen molar-refractivity contribution in [1.29, 1.82) is 0 Å². The van der Waals surface area contributed by atoms with Crippen molar-refractivity contribution in [1.82, 2.24) is 0 Å². The molecule has 0 aromatic heterocycles. The van der Waals surface area contributed by atoms with Gasteiger partial charge in [-0.15, -0.1) is 0 Å². The predicted molar refractivity (Wildman–Crippen MR) is 334 cm³/mol. The number of allylic oxidation sites excluding steroid dienone is 14. The molecule has 0 aromatic carbocycles. The van der Waals surface area contributed by atoms with Crippen molar-refractivity contribution in [3.63, 3.8) is 0 Å². The second-order valence-electron chi connectivity index (χ2n) is 22.0. The molecule has 0 aromatic rings. The highest BCUT2D eigenvalue weighted by molar-refractivity contribution is 5.71. The van der Waals surface area contributed by atoms with Crippen LogP contribution in [0.4, 0.5) is 0 Å². The highest BCUT2D eigenvalue weighted by atomic mass is 16.6. The Morgan fingerprint density at radius 1 is 0.273 bits per heavy atom. The van der Waals surface area contributed by atoms with Crippen LogP contribution < -0.4 is 0 Å². The first kappa shape index (κ1) is 73.6. The molecule has 0 spiro atoms. The van der Waals surface area contributed by atoms with Gasteiger partial charge in [0.1, 0.15) is 13.2 Å². The third-order valence-electron chi connectivity index (χ3n) is 14.4. The lowest BCUT2D eigenvalue weighted by molar-refractivity contribution is -0.167. The summed E-state index contributed by atoms with van der Waals surface area (Å²) < 4.78 is 16.9. The number of rotatable bonds is 60. The highest BCUT2D eigenvalue weighted by Crippen LogP contribution is 2.17. The molecule has 0 saturated heterocycles. The summed E-state index contributed by atoms with van der Waals surface area (Å²) in [6.07, 6.45) is 86.0. The van der Waals surface area contributed by atoms with E-state index in [1.165, 1.54) is 173 Å². The molecule has 0 radical (unpaired) electrons. The number of carbonyl (C=O) groups excluding carboxylic acids is 3. The summed E-state index contributed by atoms with van der Waals surface area (Å²) >= 11 is 0. The van der Waals surface area contributed by atoms with Gasteiger partial charge in [-0.2, -0.15) is 0 Å². The van der Waals surface area contributed by atoms with Crippen LogP contribution >= 0.6 is 0 Å². The van der Waals surface area contributed by atoms with E-state index in [0.29, 0.717) is 19.3 Å². The third kappa shape index (κ3) is 63.3. The van der Waals surface area contributed by atoms with Crippen LogP contribution in [0.5, 0.6) is 0 Å². The first-order valence-electron chi connectivity index (χ1n) is 33.1. The topological polar surface area (TPSA) is 78.9 Å². The van der Waals surface area contributed by atoms with Crippen molar-refractivity contribution in [2.24, 2.45) is 0 Å². The zero-order chi connectivity index (χ0) is 55.7. The van der Waals surface area contributed by atoms with E-state index in [1.54, 1.807) is 0 Å². The monoisotopic (exact) mass is 1070 g/mol. The largest absolute Gasteiger partial charge is 0.462 e. The van der Waals surface area contributed by atoms with Crippen LogP contribution in [0, 0.1) is 0 Å².